The van der Waals surface area contributed by atoms with Gasteiger partial charge < -0.3 is 14.5 Å². The molecule has 2 aromatic heterocycles. The predicted octanol–water partition coefficient (Wildman–Crippen LogP) is 1.97. The number of nitrogens with zero attached hydrogens (tertiary/aromatic N) is 4. The van der Waals surface area contributed by atoms with Crippen molar-refractivity contribution in [3.63, 3.8) is 0 Å². The van der Waals surface area contributed by atoms with Crippen molar-refractivity contribution in [1.29, 1.82) is 0 Å². The number of carbonyl (C=O) groups excluding carboxylic acids is 3. The SMILES string of the molecule is COCCN1C(=O)CN(C)C(=O)c2c1sc1c2CCN(c2ccc(C(C)=O)cn2)C1. The summed E-state index contributed by atoms with van der Waals surface area (Å²) < 4.78 is 5.18. The van der Waals surface area contributed by atoms with Gasteiger partial charge in [-0.15, -0.1) is 11.3 Å². The first-order chi connectivity index (χ1) is 14.4. The molecule has 8 nitrogen and oxygen atoms in total. The Bertz CT molecular complexity index is 1000. The fraction of sp³-hybridized carbons (Fsp3) is 0.429. The van der Waals surface area contributed by atoms with Crippen molar-refractivity contribution in [3.05, 3.63) is 39.9 Å². The third-order valence-corrected chi connectivity index (χ3v) is 6.75. The summed E-state index contributed by atoms with van der Waals surface area (Å²) in [4.78, 5) is 48.1. The number of rotatable bonds is 5. The Labute approximate surface area is 179 Å². The van der Waals surface area contributed by atoms with E-state index in [0.29, 0.717) is 43.8 Å². The van der Waals surface area contributed by atoms with Crippen LogP contribution in [0.3, 0.4) is 0 Å². The van der Waals surface area contributed by atoms with Crippen LogP contribution < -0.4 is 9.80 Å². The number of Topliss-reactive ketones (excluding diaryl/α,β-unsaturated/α-hetero) is 1. The van der Waals surface area contributed by atoms with Gasteiger partial charge in [0, 0.05) is 37.3 Å². The zero-order chi connectivity index (χ0) is 21.4. The van der Waals surface area contributed by atoms with E-state index < -0.39 is 0 Å². The van der Waals surface area contributed by atoms with Crippen LogP contribution in [0.25, 0.3) is 0 Å². The fourth-order valence-electron chi connectivity index (χ4n) is 3.85. The molecule has 2 aliphatic rings. The lowest BCUT2D eigenvalue weighted by Crippen LogP contribution is -2.39. The molecule has 2 aliphatic heterocycles. The predicted molar refractivity (Wildman–Crippen MR) is 115 cm³/mol. The third-order valence-electron chi connectivity index (χ3n) is 5.51. The molecule has 0 bridgehead atoms. The number of ether oxygens (including phenoxy) is 1. The van der Waals surface area contributed by atoms with Crippen LogP contribution in [0.1, 0.15) is 38.1 Å². The molecule has 0 unspecified atom stereocenters. The number of anilines is 2. The Morgan fingerprint density at radius 2 is 2.07 bits per heavy atom. The molecule has 0 atom stereocenters. The Balaban J connectivity index is 1.68. The van der Waals surface area contributed by atoms with Crippen LogP contribution in [0.2, 0.25) is 0 Å². The van der Waals surface area contributed by atoms with Crippen molar-refractivity contribution < 1.29 is 19.1 Å². The molecule has 0 aromatic carbocycles. The fourth-order valence-corrected chi connectivity index (χ4v) is 5.25. The van der Waals surface area contributed by atoms with Crippen LogP contribution in [0.5, 0.6) is 0 Å². The Hall–Kier alpha value is -2.78. The van der Waals surface area contributed by atoms with Crippen molar-refractivity contribution in [2.24, 2.45) is 0 Å². The van der Waals surface area contributed by atoms with Crippen LogP contribution in [-0.4, -0.2) is 67.9 Å². The summed E-state index contributed by atoms with van der Waals surface area (Å²) >= 11 is 1.50. The van der Waals surface area contributed by atoms with Crippen molar-refractivity contribution in [1.82, 2.24) is 9.88 Å². The highest BCUT2D eigenvalue weighted by atomic mass is 32.1. The minimum absolute atomic E-state index is 0.0135. The van der Waals surface area contributed by atoms with Crippen LogP contribution in [-0.2, 0) is 22.5 Å². The highest BCUT2D eigenvalue weighted by molar-refractivity contribution is 7.17. The molecule has 4 heterocycles. The number of hydrogen-bond donors (Lipinski definition) is 0. The molecule has 0 aliphatic carbocycles. The summed E-state index contributed by atoms with van der Waals surface area (Å²) in [6, 6.07) is 3.64. The summed E-state index contributed by atoms with van der Waals surface area (Å²) in [6.45, 7) is 3.74. The standard InChI is InChI=1S/C21H24N4O4S/c1-13(26)14-4-5-17(22-10-14)24-7-6-15-16(11-24)30-21-19(15)20(28)23(2)12-18(27)25(21)8-9-29-3/h4-5,10H,6-9,11-12H2,1-3H3. The Kier molecular flexibility index (Phi) is 5.57. The molecule has 158 valence electrons. The van der Waals surface area contributed by atoms with Gasteiger partial charge in [-0.3, -0.25) is 19.3 Å². The molecule has 30 heavy (non-hydrogen) atoms. The monoisotopic (exact) mass is 428 g/mol. The Morgan fingerprint density at radius 3 is 2.73 bits per heavy atom. The van der Waals surface area contributed by atoms with Crippen LogP contribution in [0, 0.1) is 0 Å². The maximum Gasteiger partial charge on any atom is 0.257 e. The number of aromatic nitrogens is 1. The summed E-state index contributed by atoms with van der Waals surface area (Å²) in [6.07, 6.45) is 2.30. The summed E-state index contributed by atoms with van der Waals surface area (Å²) in [5, 5.41) is 0.720. The number of amides is 2. The molecule has 0 N–H and O–H groups in total. The number of carbonyl (C=O) groups is 3. The molecule has 4 rings (SSSR count). The second-order valence-corrected chi connectivity index (χ2v) is 8.60. The third kappa shape index (κ3) is 3.59. The average Bonchev–Trinajstić information content (AvgIpc) is 3.07. The Morgan fingerprint density at radius 1 is 1.27 bits per heavy atom. The van der Waals surface area contributed by atoms with Gasteiger partial charge >= 0.3 is 0 Å². The zero-order valence-corrected chi connectivity index (χ0v) is 18.1. The molecule has 0 fully saturated rings. The minimum Gasteiger partial charge on any atom is -0.383 e. The van der Waals surface area contributed by atoms with Gasteiger partial charge in [0.1, 0.15) is 17.4 Å². The van der Waals surface area contributed by atoms with E-state index in [9.17, 15) is 14.4 Å². The molecular weight excluding hydrogens is 404 g/mol. The first kappa shape index (κ1) is 20.5. The second-order valence-electron chi connectivity index (χ2n) is 7.52. The van der Waals surface area contributed by atoms with E-state index in [1.807, 2.05) is 6.07 Å². The number of ketones is 1. The summed E-state index contributed by atoms with van der Waals surface area (Å²) in [7, 11) is 3.27. The second kappa shape index (κ2) is 8.16. The highest BCUT2D eigenvalue weighted by Crippen LogP contribution is 2.41. The van der Waals surface area contributed by atoms with Gasteiger partial charge in [-0.05, 0) is 31.0 Å². The van der Waals surface area contributed by atoms with E-state index in [0.717, 1.165) is 21.3 Å². The van der Waals surface area contributed by atoms with Gasteiger partial charge in [-0.1, -0.05) is 0 Å². The van der Waals surface area contributed by atoms with Crippen molar-refractivity contribution in [2.45, 2.75) is 19.9 Å². The van der Waals surface area contributed by atoms with Gasteiger partial charge in [-0.2, -0.15) is 0 Å². The average molecular weight is 429 g/mol. The zero-order valence-electron chi connectivity index (χ0n) is 17.3. The summed E-state index contributed by atoms with van der Waals surface area (Å²) in [5.41, 5.74) is 2.26. The number of methoxy groups -OCH3 is 1. The number of thiophene rings is 1. The van der Waals surface area contributed by atoms with Gasteiger partial charge in [0.25, 0.3) is 5.91 Å². The highest BCUT2D eigenvalue weighted by Gasteiger charge is 2.36. The molecule has 0 saturated carbocycles. The first-order valence-electron chi connectivity index (χ1n) is 9.82. The smallest absolute Gasteiger partial charge is 0.257 e. The van der Waals surface area contributed by atoms with Gasteiger partial charge in [-0.25, -0.2) is 4.98 Å². The van der Waals surface area contributed by atoms with Crippen LogP contribution in [0.15, 0.2) is 18.3 Å². The molecule has 0 saturated heterocycles. The van der Waals surface area contributed by atoms with Gasteiger partial charge in [0.05, 0.1) is 25.3 Å². The molecule has 0 spiro atoms. The van der Waals surface area contributed by atoms with Gasteiger partial charge in [0.2, 0.25) is 5.91 Å². The van der Waals surface area contributed by atoms with Crippen LogP contribution >= 0.6 is 11.3 Å². The van der Waals surface area contributed by atoms with Crippen LogP contribution in [0.4, 0.5) is 10.8 Å². The lowest BCUT2D eigenvalue weighted by molar-refractivity contribution is -0.119. The number of fused-ring (bicyclic) bond motifs is 3. The lowest BCUT2D eigenvalue weighted by atomic mass is 10.0. The van der Waals surface area contributed by atoms with Crippen molar-refractivity contribution >= 4 is 39.8 Å². The van der Waals surface area contributed by atoms with E-state index in [1.165, 1.54) is 23.2 Å². The minimum atomic E-state index is -0.104. The lowest BCUT2D eigenvalue weighted by Gasteiger charge is -2.28. The van der Waals surface area contributed by atoms with Gasteiger partial charge in [0.15, 0.2) is 5.78 Å². The van der Waals surface area contributed by atoms with E-state index in [-0.39, 0.29) is 24.1 Å². The molecule has 9 heteroatoms. The molecule has 2 aromatic rings. The topological polar surface area (TPSA) is 83.0 Å². The number of hydrogen-bond acceptors (Lipinski definition) is 7. The maximum absolute atomic E-state index is 13.1. The number of pyridine rings is 1. The number of likely N-dealkylation sites (N-methyl/N-ethyl adjacent to an activating group) is 1. The van der Waals surface area contributed by atoms with Crippen molar-refractivity contribution in [2.75, 3.05) is 50.2 Å². The van der Waals surface area contributed by atoms with Crippen molar-refractivity contribution in [3.8, 4) is 0 Å². The van der Waals surface area contributed by atoms with E-state index in [4.69, 9.17) is 4.74 Å². The molecular formula is C21H24N4O4S. The quantitative estimate of drug-likeness (QED) is 0.677. The van der Waals surface area contributed by atoms with E-state index in [1.54, 1.807) is 31.3 Å². The molecule has 2 amide bonds. The first-order valence-corrected chi connectivity index (χ1v) is 10.6. The normalized spacial score (nSPS) is 16.4. The molecule has 0 radical (unpaired) electrons. The van der Waals surface area contributed by atoms with E-state index in [2.05, 4.69) is 9.88 Å². The maximum atomic E-state index is 13.1. The summed E-state index contributed by atoms with van der Waals surface area (Å²) in [5.74, 6) is 0.581. The largest absolute Gasteiger partial charge is 0.383 e. The van der Waals surface area contributed by atoms with E-state index >= 15 is 0 Å².